The monoisotopic (exact) mass is 280 g/mol. The molecule has 0 atom stereocenters. The zero-order valence-electron chi connectivity index (χ0n) is 8.16. The first kappa shape index (κ1) is 10.6. The second-order valence-corrected chi connectivity index (χ2v) is 5.06. The fraction of sp³-hybridized carbons (Fsp3) is 0.0833. The summed E-state index contributed by atoms with van der Waals surface area (Å²) in [7, 11) is 0. The van der Waals surface area contributed by atoms with Crippen LogP contribution in [0.25, 0.3) is 11.1 Å². The Labute approximate surface area is 101 Å². The van der Waals surface area contributed by atoms with Crippen molar-refractivity contribution in [2.24, 2.45) is 0 Å². The minimum absolute atomic E-state index is 0.128. The van der Waals surface area contributed by atoms with Gasteiger partial charge in [0.15, 0.2) is 5.78 Å². The van der Waals surface area contributed by atoms with Crippen LogP contribution < -0.4 is 0 Å². The van der Waals surface area contributed by atoms with Crippen molar-refractivity contribution in [1.82, 2.24) is 0 Å². The number of hydrogen-bond donors (Lipinski definition) is 0. The highest BCUT2D eigenvalue weighted by Gasteiger charge is 2.10. The number of Topliss-reactive ketones (excluding diaryl/α,β-unsaturated/α-hetero) is 1. The predicted octanol–water partition coefficient (Wildman–Crippen LogP) is 4.38. The van der Waals surface area contributed by atoms with Crippen molar-refractivity contribution in [3.05, 3.63) is 45.1 Å². The van der Waals surface area contributed by atoms with E-state index in [9.17, 15) is 4.79 Å². The van der Waals surface area contributed by atoms with Crippen LogP contribution in [0, 0.1) is 0 Å². The van der Waals surface area contributed by atoms with Gasteiger partial charge in [-0.3, -0.25) is 4.79 Å². The van der Waals surface area contributed by atoms with Gasteiger partial charge in [-0.05, 0) is 36.1 Å². The van der Waals surface area contributed by atoms with Gasteiger partial charge in [0.1, 0.15) is 0 Å². The first-order valence-corrected chi connectivity index (χ1v) is 6.20. The molecule has 0 aliphatic carbocycles. The summed E-state index contributed by atoms with van der Waals surface area (Å²) in [6, 6.07) is 9.98. The number of thiophene rings is 1. The van der Waals surface area contributed by atoms with Gasteiger partial charge in [-0.1, -0.05) is 28.1 Å². The van der Waals surface area contributed by atoms with Gasteiger partial charge >= 0.3 is 0 Å². The van der Waals surface area contributed by atoms with E-state index in [-0.39, 0.29) is 5.78 Å². The Hall–Kier alpha value is -0.930. The first-order chi connectivity index (χ1) is 7.18. The van der Waals surface area contributed by atoms with Crippen LogP contribution >= 0.6 is 27.3 Å². The molecule has 0 saturated heterocycles. The Balaban J connectivity index is 2.49. The van der Waals surface area contributed by atoms with Crippen LogP contribution in [0.3, 0.4) is 0 Å². The molecule has 15 heavy (non-hydrogen) atoms. The van der Waals surface area contributed by atoms with E-state index in [4.69, 9.17) is 0 Å². The van der Waals surface area contributed by atoms with Crippen LogP contribution in [-0.4, -0.2) is 5.78 Å². The number of carbonyl (C=O) groups excluding carboxylic acids is 1. The van der Waals surface area contributed by atoms with Crippen molar-refractivity contribution in [2.45, 2.75) is 6.92 Å². The van der Waals surface area contributed by atoms with E-state index in [2.05, 4.69) is 15.9 Å². The zero-order chi connectivity index (χ0) is 10.8. The number of benzene rings is 1. The molecule has 1 aromatic heterocycles. The third-order valence-electron chi connectivity index (χ3n) is 2.14. The minimum Gasteiger partial charge on any atom is -0.294 e. The van der Waals surface area contributed by atoms with Crippen LogP contribution in [-0.2, 0) is 0 Å². The average Bonchev–Trinajstić information content (AvgIpc) is 2.67. The van der Waals surface area contributed by atoms with Crippen LogP contribution in [0.4, 0.5) is 0 Å². The maximum atomic E-state index is 11.4. The number of ketones is 1. The van der Waals surface area contributed by atoms with Gasteiger partial charge in [0, 0.05) is 10.0 Å². The van der Waals surface area contributed by atoms with Crippen LogP contribution in [0.2, 0.25) is 0 Å². The lowest BCUT2D eigenvalue weighted by Crippen LogP contribution is -1.89. The number of halogens is 1. The van der Waals surface area contributed by atoms with Gasteiger partial charge in [-0.15, -0.1) is 11.3 Å². The molecule has 0 bridgehead atoms. The molecule has 0 radical (unpaired) electrons. The lowest BCUT2D eigenvalue weighted by atomic mass is 10.1. The Kier molecular flexibility index (Phi) is 3.03. The maximum absolute atomic E-state index is 11.4. The molecule has 0 N–H and O–H groups in total. The fourth-order valence-electron chi connectivity index (χ4n) is 1.44. The first-order valence-electron chi connectivity index (χ1n) is 4.53. The fourth-order valence-corrected chi connectivity index (χ4v) is 2.52. The maximum Gasteiger partial charge on any atom is 0.170 e. The summed E-state index contributed by atoms with van der Waals surface area (Å²) in [6.45, 7) is 1.61. The smallest absolute Gasteiger partial charge is 0.170 e. The van der Waals surface area contributed by atoms with Crippen LogP contribution in [0.15, 0.2) is 40.2 Å². The molecule has 1 nitrogen and oxygen atoms in total. The lowest BCUT2D eigenvalue weighted by molar-refractivity contribution is 0.102. The van der Waals surface area contributed by atoms with Gasteiger partial charge in [0.05, 0.1) is 4.88 Å². The van der Waals surface area contributed by atoms with Gasteiger partial charge in [0.2, 0.25) is 0 Å². The Morgan fingerprint density at radius 3 is 2.47 bits per heavy atom. The second kappa shape index (κ2) is 4.29. The van der Waals surface area contributed by atoms with Gasteiger partial charge < -0.3 is 0 Å². The lowest BCUT2D eigenvalue weighted by Gasteiger charge is -2.01. The van der Waals surface area contributed by atoms with E-state index in [0.29, 0.717) is 0 Å². The summed E-state index contributed by atoms with van der Waals surface area (Å²) < 4.78 is 1.05. The van der Waals surface area contributed by atoms with Crippen molar-refractivity contribution in [2.75, 3.05) is 0 Å². The number of carbonyl (C=O) groups is 1. The molecule has 0 saturated carbocycles. The van der Waals surface area contributed by atoms with Gasteiger partial charge in [-0.2, -0.15) is 0 Å². The van der Waals surface area contributed by atoms with Gasteiger partial charge in [0.25, 0.3) is 0 Å². The summed E-state index contributed by atoms with van der Waals surface area (Å²) >= 11 is 4.89. The molecule has 3 heteroatoms. The van der Waals surface area contributed by atoms with E-state index in [1.165, 1.54) is 11.3 Å². The normalized spacial score (nSPS) is 10.3. The highest BCUT2D eigenvalue weighted by atomic mass is 79.9. The highest BCUT2D eigenvalue weighted by molar-refractivity contribution is 9.10. The van der Waals surface area contributed by atoms with Gasteiger partial charge in [-0.25, -0.2) is 0 Å². The Morgan fingerprint density at radius 1 is 1.20 bits per heavy atom. The molecule has 1 aromatic carbocycles. The van der Waals surface area contributed by atoms with Crippen LogP contribution in [0.1, 0.15) is 16.6 Å². The minimum atomic E-state index is 0.128. The average molecular weight is 281 g/mol. The molecule has 76 valence electrons. The summed E-state index contributed by atoms with van der Waals surface area (Å²) in [5.41, 5.74) is 2.12. The molecule has 2 aromatic rings. The molecule has 0 amide bonds. The zero-order valence-corrected chi connectivity index (χ0v) is 10.6. The topological polar surface area (TPSA) is 17.1 Å². The van der Waals surface area contributed by atoms with E-state index >= 15 is 0 Å². The molecule has 0 fully saturated rings. The third-order valence-corrected chi connectivity index (χ3v) is 3.68. The summed E-state index contributed by atoms with van der Waals surface area (Å²) in [4.78, 5) is 12.2. The van der Waals surface area contributed by atoms with E-state index in [0.717, 1.165) is 20.5 Å². The third kappa shape index (κ3) is 2.19. The molecule has 0 aliphatic rings. The molecule has 2 rings (SSSR count). The predicted molar refractivity (Wildman–Crippen MR) is 67.5 cm³/mol. The van der Waals surface area contributed by atoms with E-state index < -0.39 is 0 Å². The summed E-state index contributed by atoms with van der Waals surface area (Å²) in [5.74, 6) is 0.128. The van der Waals surface area contributed by atoms with Crippen LogP contribution in [0.5, 0.6) is 0 Å². The molecular formula is C12H9BrOS. The number of rotatable bonds is 2. The van der Waals surface area contributed by atoms with Crippen molar-refractivity contribution in [3.8, 4) is 11.1 Å². The molecular weight excluding hydrogens is 272 g/mol. The van der Waals surface area contributed by atoms with Crippen molar-refractivity contribution < 1.29 is 4.79 Å². The SMILES string of the molecule is CC(=O)c1sccc1-c1ccc(Br)cc1. The Bertz CT molecular complexity index is 485. The second-order valence-electron chi connectivity index (χ2n) is 3.23. The largest absolute Gasteiger partial charge is 0.294 e. The Morgan fingerprint density at radius 2 is 1.87 bits per heavy atom. The molecule has 0 aliphatic heterocycles. The van der Waals surface area contributed by atoms with E-state index in [1.807, 2.05) is 35.7 Å². The molecule has 1 heterocycles. The summed E-state index contributed by atoms with van der Waals surface area (Å²) in [5, 5.41) is 1.95. The number of hydrogen-bond acceptors (Lipinski definition) is 2. The highest BCUT2D eigenvalue weighted by Crippen LogP contribution is 2.29. The summed E-state index contributed by atoms with van der Waals surface area (Å²) in [6.07, 6.45) is 0. The van der Waals surface area contributed by atoms with Crippen molar-refractivity contribution in [3.63, 3.8) is 0 Å². The quantitative estimate of drug-likeness (QED) is 0.746. The molecule has 0 unspecified atom stereocenters. The standard InChI is InChI=1S/C12H9BrOS/c1-8(14)12-11(6-7-15-12)9-2-4-10(13)5-3-9/h2-7H,1H3. The van der Waals surface area contributed by atoms with Crippen molar-refractivity contribution in [1.29, 1.82) is 0 Å². The van der Waals surface area contributed by atoms with Crippen molar-refractivity contribution >= 4 is 33.0 Å². The van der Waals surface area contributed by atoms with E-state index in [1.54, 1.807) is 6.92 Å². The molecule has 0 spiro atoms.